The highest BCUT2D eigenvalue weighted by atomic mass is 16.1. The van der Waals surface area contributed by atoms with Crippen molar-refractivity contribution < 1.29 is 0 Å². The summed E-state index contributed by atoms with van der Waals surface area (Å²) in [5, 5.41) is 7.23. The minimum Gasteiger partial charge on any atom is -0.306 e. The predicted molar refractivity (Wildman–Crippen MR) is 62.5 cm³/mol. The van der Waals surface area contributed by atoms with Crippen LogP contribution in [0.3, 0.4) is 0 Å². The van der Waals surface area contributed by atoms with Crippen LogP contribution in [0.25, 0.3) is 22.4 Å². The number of hydrogen-bond acceptors (Lipinski definition) is 4. The standard InChI is InChI=1S/C11H9N5O/c1-6-8-10(16-15-6)13-9(14-11(8)17)7-3-2-4-12-5-7/h2-5H,1H3,(H2,13,14,15,16,17). The maximum atomic E-state index is 11.9. The van der Waals surface area contributed by atoms with E-state index in [1.165, 1.54) is 0 Å². The number of rotatable bonds is 1. The van der Waals surface area contributed by atoms with E-state index in [4.69, 9.17) is 0 Å². The van der Waals surface area contributed by atoms with Crippen molar-refractivity contribution in [3.63, 3.8) is 0 Å². The Hall–Kier alpha value is -2.50. The lowest BCUT2D eigenvalue weighted by molar-refractivity contribution is 1.05. The Balaban J connectivity index is 2.30. The Bertz CT molecular complexity index is 728. The first kappa shape index (κ1) is 9.71. The average Bonchev–Trinajstić information content (AvgIpc) is 2.73. The molecule has 0 unspecified atom stereocenters. The Kier molecular flexibility index (Phi) is 2.01. The number of pyridine rings is 1. The molecule has 0 amide bonds. The van der Waals surface area contributed by atoms with Gasteiger partial charge in [-0.15, -0.1) is 0 Å². The number of fused-ring (bicyclic) bond motifs is 1. The molecule has 3 rings (SSSR count). The molecule has 17 heavy (non-hydrogen) atoms. The Labute approximate surface area is 95.8 Å². The summed E-state index contributed by atoms with van der Waals surface area (Å²) in [6.07, 6.45) is 3.31. The van der Waals surface area contributed by atoms with Gasteiger partial charge in [-0.3, -0.25) is 14.9 Å². The van der Waals surface area contributed by atoms with E-state index >= 15 is 0 Å². The molecule has 0 atom stereocenters. The zero-order chi connectivity index (χ0) is 11.8. The van der Waals surface area contributed by atoms with E-state index < -0.39 is 0 Å². The van der Waals surface area contributed by atoms with Gasteiger partial charge < -0.3 is 4.98 Å². The van der Waals surface area contributed by atoms with Crippen molar-refractivity contribution in [2.75, 3.05) is 0 Å². The molecule has 0 aliphatic rings. The van der Waals surface area contributed by atoms with E-state index in [2.05, 4.69) is 25.1 Å². The second-order valence-corrected chi connectivity index (χ2v) is 3.70. The summed E-state index contributed by atoms with van der Waals surface area (Å²) in [6.45, 7) is 1.79. The van der Waals surface area contributed by atoms with Crippen LogP contribution < -0.4 is 5.56 Å². The van der Waals surface area contributed by atoms with Crippen molar-refractivity contribution in [3.8, 4) is 11.4 Å². The fourth-order valence-electron chi connectivity index (χ4n) is 1.71. The minimum atomic E-state index is -0.194. The number of aromatic amines is 2. The number of aromatic nitrogens is 5. The van der Waals surface area contributed by atoms with Crippen molar-refractivity contribution in [1.29, 1.82) is 0 Å². The lowest BCUT2D eigenvalue weighted by Crippen LogP contribution is -2.09. The molecule has 0 aliphatic heterocycles. The van der Waals surface area contributed by atoms with Crippen LogP contribution in [0.4, 0.5) is 0 Å². The molecule has 0 saturated carbocycles. The topological polar surface area (TPSA) is 87.3 Å². The van der Waals surface area contributed by atoms with Crippen LogP contribution in [-0.4, -0.2) is 25.1 Å². The first-order chi connectivity index (χ1) is 8.25. The summed E-state index contributed by atoms with van der Waals surface area (Å²) in [7, 11) is 0. The molecular weight excluding hydrogens is 218 g/mol. The highest BCUT2D eigenvalue weighted by Crippen LogP contribution is 2.14. The molecule has 0 saturated heterocycles. The van der Waals surface area contributed by atoms with Crippen LogP contribution in [0.2, 0.25) is 0 Å². The van der Waals surface area contributed by atoms with Gasteiger partial charge in [-0.25, -0.2) is 4.98 Å². The minimum absolute atomic E-state index is 0.194. The van der Waals surface area contributed by atoms with Gasteiger partial charge in [0.25, 0.3) is 5.56 Å². The third-order valence-corrected chi connectivity index (χ3v) is 2.54. The molecule has 0 fully saturated rings. The van der Waals surface area contributed by atoms with Gasteiger partial charge in [0.1, 0.15) is 11.2 Å². The van der Waals surface area contributed by atoms with Crippen LogP contribution in [0.15, 0.2) is 29.3 Å². The molecule has 3 aromatic rings. The largest absolute Gasteiger partial charge is 0.306 e. The van der Waals surface area contributed by atoms with Gasteiger partial charge in [0, 0.05) is 23.7 Å². The van der Waals surface area contributed by atoms with E-state index in [-0.39, 0.29) is 5.56 Å². The lowest BCUT2D eigenvalue weighted by atomic mass is 10.2. The van der Waals surface area contributed by atoms with E-state index in [1.807, 2.05) is 6.07 Å². The van der Waals surface area contributed by atoms with Crippen molar-refractivity contribution in [2.24, 2.45) is 0 Å². The van der Waals surface area contributed by atoms with Gasteiger partial charge in [-0.1, -0.05) is 0 Å². The summed E-state index contributed by atoms with van der Waals surface area (Å²) >= 11 is 0. The molecule has 84 valence electrons. The van der Waals surface area contributed by atoms with Crippen molar-refractivity contribution in [2.45, 2.75) is 6.92 Å². The van der Waals surface area contributed by atoms with Crippen LogP contribution in [-0.2, 0) is 0 Å². The third kappa shape index (κ3) is 1.50. The molecule has 0 spiro atoms. The summed E-state index contributed by atoms with van der Waals surface area (Å²) in [5.41, 5.74) is 1.70. The monoisotopic (exact) mass is 227 g/mol. The molecule has 0 radical (unpaired) electrons. The smallest absolute Gasteiger partial charge is 0.262 e. The van der Waals surface area contributed by atoms with E-state index in [0.29, 0.717) is 22.6 Å². The summed E-state index contributed by atoms with van der Waals surface area (Å²) in [6, 6.07) is 3.62. The highest BCUT2D eigenvalue weighted by molar-refractivity contribution is 5.78. The SMILES string of the molecule is Cc1[nH]nc2nc(-c3cccnc3)[nH]c(=O)c12. The van der Waals surface area contributed by atoms with Crippen LogP contribution >= 0.6 is 0 Å². The molecule has 3 aromatic heterocycles. The maximum absolute atomic E-state index is 11.9. The molecule has 0 bridgehead atoms. The second kappa shape index (κ2) is 3.51. The maximum Gasteiger partial charge on any atom is 0.262 e. The number of aryl methyl sites for hydroxylation is 1. The Morgan fingerprint density at radius 2 is 2.24 bits per heavy atom. The van der Waals surface area contributed by atoms with Crippen LogP contribution in [0.1, 0.15) is 5.69 Å². The Morgan fingerprint density at radius 1 is 1.35 bits per heavy atom. The van der Waals surface area contributed by atoms with Gasteiger partial charge in [0.05, 0.1) is 0 Å². The van der Waals surface area contributed by atoms with Crippen LogP contribution in [0, 0.1) is 6.92 Å². The number of nitrogens with zero attached hydrogens (tertiary/aromatic N) is 3. The van der Waals surface area contributed by atoms with E-state index in [0.717, 1.165) is 5.56 Å². The van der Waals surface area contributed by atoms with Gasteiger partial charge in [-0.05, 0) is 19.1 Å². The third-order valence-electron chi connectivity index (χ3n) is 2.54. The van der Waals surface area contributed by atoms with Gasteiger partial charge in [-0.2, -0.15) is 5.10 Å². The van der Waals surface area contributed by atoms with Crippen molar-refractivity contribution in [3.05, 3.63) is 40.6 Å². The zero-order valence-corrected chi connectivity index (χ0v) is 9.06. The first-order valence-corrected chi connectivity index (χ1v) is 5.11. The van der Waals surface area contributed by atoms with Crippen LogP contribution in [0.5, 0.6) is 0 Å². The van der Waals surface area contributed by atoms with Crippen molar-refractivity contribution >= 4 is 11.0 Å². The van der Waals surface area contributed by atoms with Gasteiger partial charge in [0.2, 0.25) is 0 Å². The van der Waals surface area contributed by atoms with Crippen molar-refractivity contribution in [1.82, 2.24) is 25.1 Å². The molecule has 3 heterocycles. The lowest BCUT2D eigenvalue weighted by Gasteiger charge is -1.99. The average molecular weight is 227 g/mol. The Morgan fingerprint density at radius 3 is 3.00 bits per heavy atom. The molecule has 0 aliphatic carbocycles. The highest BCUT2D eigenvalue weighted by Gasteiger charge is 2.10. The fraction of sp³-hybridized carbons (Fsp3) is 0.0909. The van der Waals surface area contributed by atoms with Gasteiger partial charge >= 0.3 is 0 Å². The van der Waals surface area contributed by atoms with E-state index in [1.54, 1.807) is 25.4 Å². The number of hydrogen-bond donors (Lipinski definition) is 2. The predicted octanol–water partition coefficient (Wildman–Crippen LogP) is 1.02. The molecule has 6 nitrogen and oxygen atoms in total. The first-order valence-electron chi connectivity index (χ1n) is 5.11. The fourth-order valence-corrected chi connectivity index (χ4v) is 1.71. The molecule has 0 aromatic carbocycles. The molecular formula is C11H9N5O. The quantitative estimate of drug-likeness (QED) is 0.649. The molecule has 2 N–H and O–H groups in total. The number of H-pyrrole nitrogens is 2. The second-order valence-electron chi connectivity index (χ2n) is 3.70. The summed E-state index contributed by atoms with van der Waals surface area (Å²) in [4.78, 5) is 22.9. The summed E-state index contributed by atoms with van der Waals surface area (Å²) < 4.78 is 0. The number of nitrogens with one attached hydrogen (secondary N) is 2. The van der Waals surface area contributed by atoms with Gasteiger partial charge in [0.15, 0.2) is 5.65 Å². The molecule has 6 heteroatoms. The van der Waals surface area contributed by atoms with E-state index in [9.17, 15) is 4.79 Å². The zero-order valence-electron chi connectivity index (χ0n) is 9.06. The summed E-state index contributed by atoms with van der Waals surface area (Å²) in [5.74, 6) is 0.474. The normalized spacial score (nSPS) is 10.9.